The van der Waals surface area contributed by atoms with Crippen LogP contribution in [0.15, 0.2) is 4.99 Å². The number of aliphatic imine (C=N–C) groups is 1. The van der Waals surface area contributed by atoms with Gasteiger partial charge in [-0.3, -0.25) is 4.79 Å². The Labute approximate surface area is 135 Å². The maximum atomic E-state index is 12.3. The second-order valence-electron chi connectivity index (χ2n) is 7.64. The van der Waals surface area contributed by atoms with Gasteiger partial charge in [0.1, 0.15) is 6.54 Å². The van der Waals surface area contributed by atoms with Crippen molar-refractivity contribution < 1.29 is 4.79 Å². The van der Waals surface area contributed by atoms with E-state index in [2.05, 4.69) is 49.8 Å². The van der Waals surface area contributed by atoms with Gasteiger partial charge in [0.2, 0.25) is 5.91 Å². The van der Waals surface area contributed by atoms with E-state index in [0.29, 0.717) is 0 Å². The summed E-state index contributed by atoms with van der Waals surface area (Å²) in [6.07, 6.45) is 3.50. The number of guanidine groups is 1. The van der Waals surface area contributed by atoms with Crippen molar-refractivity contribution in [3.63, 3.8) is 0 Å². The molecule has 2 aliphatic rings. The van der Waals surface area contributed by atoms with Crippen LogP contribution in [0.1, 0.15) is 53.9 Å². The Balaban J connectivity index is 2.00. The van der Waals surface area contributed by atoms with Gasteiger partial charge in [0.25, 0.3) is 0 Å². The monoisotopic (exact) mass is 308 g/mol. The molecular weight excluding hydrogens is 276 g/mol. The minimum Gasteiger partial charge on any atom is -0.356 e. The van der Waals surface area contributed by atoms with Gasteiger partial charge in [-0.25, -0.2) is 4.99 Å². The van der Waals surface area contributed by atoms with Crippen LogP contribution in [0, 0.1) is 5.41 Å². The van der Waals surface area contributed by atoms with Crippen LogP contribution >= 0.6 is 0 Å². The lowest BCUT2D eigenvalue weighted by Crippen LogP contribution is -2.72. The van der Waals surface area contributed by atoms with Gasteiger partial charge in [-0.1, -0.05) is 13.8 Å². The van der Waals surface area contributed by atoms with Gasteiger partial charge in [0.05, 0.1) is 0 Å². The van der Waals surface area contributed by atoms with Crippen molar-refractivity contribution in [1.82, 2.24) is 15.1 Å². The van der Waals surface area contributed by atoms with E-state index in [1.807, 2.05) is 4.90 Å². The summed E-state index contributed by atoms with van der Waals surface area (Å²) in [4.78, 5) is 21.2. The molecule has 2 saturated heterocycles. The molecule has 2 heterocycles. The third-order valence-corrected chi connectivity index (χ3v) is 5.55. The van der Waals surface area contributed by atoms with Crippen LogP contribution in [0.3, 0.4) is 0 Å². The van der Waals surface area contributed by atoms with Crippen molar-refractivity contribution in [1.29, 1.82) is 0 Å². The van der Waals surface area contributed by atoms with Gasteiger partial charge in [0, 0.05) is 37.1 Å². The maximum absolute atomic E-state index is 12.3. The van der Waals surface area contributed by atoms with Crippen LogP contribution in [0.5, 0.6) is 0 Å². The van der Waals surface area contributed by atoms with Gasteiger partial charge < -0.3 is 15.1 Å². The van der Waals surface area contributed by atoms with Crippen molar-refractivity contribution in [2.75, 3.05) is 32.7 Å². The third kappa shape index (κ3) is 3.23. The summed E-state index contributed by atoms with van der Waals surface area (Å²) in [6.45, 7) is 15.0. The number of hydrogen-bond acceptors (Lipinski definition) is 2. The second-order valence-corrected chi connectivity index (χ2v) is 7.64. The Kier molecular flexibility index (Phi) is 5.03. The summed E-state index contributed by atoms with van der Waals surface area (Å²) < 4.78 is 0. The zero-order chi connectivity index (χ0) is 16.4. The molecule has 5 nitrogen and oxygen atoms in total. The highest BCUT2D eigenvalue weighted by molar-refractivity contribution is 5.86. The molecule has 2 fully saturated rings. The average Bonchev–Trinajstić information content (AvgIpc) is 2.50. The fourth-order valence-electron chi connectivity index (χ4n) is 3.18. The molecule has 0 radical (unpaired) electrons. The number of piperidine rings is 1. The molecule has 126 valence electrons. The Bertz CT molecular complexity index is 436. The van der Waals surface area contributed by atoms with E-state index < -0.39 is 0 Å². The first-order valence-electron chi connectivity index (χ1n) is 8.63. The number of hydrogen-bond donors (Lipinski definition) is 1. The molecule has 1 amide bonds. The van der Waals surface area contributed by atoms with Gasteiger partial charge in [-0.2, -0.15) is 0 Å². The number of nitrogens with zero attached hydrogens (tertiary/aromatic N) is 3. The summed E-state index contributed by atoms with van der Waals surface area (Å²) in [5, 5.41) is 3.34. The van der Waals surface area contributed by atoms with Crippen molar-refractivity contribution in [3.05, 3.63) is 0 Å². The predicted octanol–water partition coefficient (Wildman–Crippen LogP) is 2.08. The molecular formula is C17H32N4O. The molecule has 22 heavy (non-hydrogen) atoms. The van der Waals surface area contributed by atoms with E-state index >= 15 is 0 Å². The average molecular weight is 308 g/mol. The highest BCUT2D eigenvalue weighted by Crippen LogP contribution is 2.46. The number of rotatable bonds is 3. The Morgan fingerprint density at radius 2 is 1.77 bits per heavy atom. The number of carbonyl (C=O) groups is 1. The van der Waals surface area contributed by atoms with Crippen molar-refractivity contribution in [2.45, 2.75) is 59.4 Å². The molecule has 0 aliphatic carbocycles. The summed E-state index contributed by atoms with van der Waals surface area (Å²) in [6, 6.07) is 0. The van der Waals surface area contributed by atoms with E-state index in [4.69, 9.17) is 0 Å². The molecule has 2 aliphatic heterocycles. The van der Waals surface area contributed by atoms with E-state index in [0.717, 1.165) is 45.0 Å². The lowest BCUT2D eigenvalue weighted by Gasteiger charge is -2.62. The van der Waals surface area contributed by atoms with Gasteiger partial charge in [0.15, 0.2) is 5.96 Å². The predicted molar refractivity (Wildman–Crippen MR) is 91.0 cm³/mol. The van der Waals surface area contributed by atoms with Crippen LogP contribution in [-0.2, 0) is 4.79 Å². The van der Waals surface area contributed by atoms with E-state index in [9.17, 15) is 4.79 Å². The summed E-state index contributed by atoms with van der Waals surface area (Å²) in [5.74, 6) is 1.03. The molecule has 0 aromatic carbocycles. The molecule has 0 unspecified atom stereocenters. The minimum atomic E-state index is 0.0577. The van der Waals surface area contributed by atoms with E-state index in [1.54, 1.807) is 0 Å². The topological polar surface area (TPSA) is 47.9 Å². The Hall–Kier alpha value is -1.26. The minimum absolute atomic E-state index is 0.0577. The molecule has 0 bridgehead atoms. The maximum Gasteiger partial charge on any atom is 0.244 e. The SMILES string of the molecule is CCNC(=NCC(=O)N1CCCCC1)N1CC(C)(C)C1(C)C. The van der Waals surface area contributed by atoms with Crippen molar-refractivity contribution >= 4 is 11.9 Å². The Morgan fingerprint density at radius 1 is 1.14 bits per heavy atom. The Morgan fingerprint density at radius 3 is 2.27 bits per heavy atom. The molecule has 0 atom stereocenters. The van der Waals surface area contributed by atoms with E-state index in [-0.39, 0.29) is 23.4 Å². The molecule has 0 spiro atoms. The molecule has 1 N–H and O–H groups in total. The fraction of sp³-hybridized carbons (Fsp3) is 0.882. The molecule has 0 aromatic heterocycles. The first-order valence-corrected chi connectivity index (χ1v) is 8.63. The summed E-state index contributed by atoms with van der Waals surface area (Å²) >= 11 is 0. The number of likely N-dealkylation sites (tertiary alicyclic amines) is 2. The zero-order valence-electron chi connectivity index (χ0n) is 14.9. The largest absolute Gasteiger partial charge is 0.356 e. The van der Waals surface area contributed by atoms with Crippen LogP contribution < -0.4 is 5.32 Å². The first-order chi connectivity index (χ1) is 10.3. The molecule has 5 heteroatoms. The second kappa shape index (κ2) is 6.47. The van der Waals surface area contributed by atoms with Crippen LogP contribution in [0.25, 0.3) is 0 Å². The standard InChI is InChI=1S/C17H32N4O/c1-6-18-15(21-13-16(2,3)17(21,4)5)19-12-14(22)20-10-8-7-9-11-20/h6-13H2,1-5H3,(H,18,19). The third-order valence-electron chi connectivity index (χ3n) is 5.55. The summed E-state index contributed by atoms with van der Waals surface area (Å²) in [5.41, 5.74) is 0.322. The van der Waals surface area contributed by atoms with Crippen molar-refractivity contribution in [2.24, 2.45) is 10.4 Å². The lowest BCUT2D eigenvalue weighted by atomic mass is 9.65. The van der Waals surface area contributed by atoms with Gasteiger partial charge >= 0.3 is 0 Å². The number of carbonyl (C=O) groups excluding carboxylic acids is 1. The lowest BCUT2D eigenvalue weighted by molar-refractivity contribution is -0.130. The molecule has 2 rings (SSSR count). The smallest absolute Gasteiger partial charge is 0.244 e. The first kappa shape index (κ1) is 17.1. The highest BCUT2D eigenvalue weighted by Gasteiger charge is 2.53. The number of nitrogens with one attached hydrogen (secondary N) is 1. The fourth-order valence-corrected chi connectivity index (χ4v) is 3.18. The van der Waals surface area contributed by atoms with Crippen LogP contribution in [-0.4, -0.2) is 59.9 Å². The molecule has 0 saturated carbocycles. The molecule has 0 aromatic rings. The van der Waals surface area contributed by atoms with E-state index in [1.165, 1.54) is 6.42 Å². The van der Waals surface area contributed by atoms with Gasteiger partial charge in [-0.05, 0) is 40.0 Å². The quantitative estimate of drug-likeness (QED) is 0.641. The number of amides is 1. The normalized spacial score (nSPS) is 24.0. The highest BCUT2D eigenvalue weighted by atomic mass is 16.2. The van der Waals surface area contributed by atoms with Crippen LogP contribution in [0.2, 0.25) is 0 Å². The zero-order valence-corrected chi connectivity index (χ0v) is 14.9. The summed E-state index contributed by atoms with van der Waals surface area (Å²) in [7, 11) is 0. The van der Waals surface area contributed by atoms with Crippen LogP contribution in [0.4, 0.5) is 0 Å². The van der Waals surface area contributed by atoms with Crippen molar-refractivity contribution in [3.8, 4) is 0 Å². The van der Waals surface area contributed by atoms with Gasteiger partial charge in [-0.15, -0.1) is 0 Å².